The summed E-state index contributed by atoms with van der Waals surface area (Å²) in [6.07, 6.45) is 1.54. The Balaban J connectivity index is 1.58. The van der Waals surface area contributed by atoms with Crippen LogP contribution >= 0.6 is 0 Å². The molecule has 0 saturated heterocycles. The highest BCUT2D eigenvalue weighted by Crippen LogP contribution is 2.21. The molecule has 0 spiro atoms. The molecule has 1 aromatic heterocycles. The van der Waals surface area contributed by atoms with Gasteiger partial charge in [-0.1, -0.05) is 35.9 Å². The highest BCUT2D eigenvalue weighted by atomic mass is 16.5. The zero-order valence-corrected chi connectivity index (χ0v) is 15.2. The molecule has 3 aromatic rings. The molecule has 1 heterocycles. The van der Waals surface area contributed by atoms with Gasteiger partial charge in [0, 0.05) is 18.7 Å². The van der Waals surface area contributed by atoms with Crippen LogP contribution in [-0.4, -0.2) is 28.1 Å². The van der Waals surface area contributed by atoms with E-state index in [4.69, 9.17) is 4.74 Å². The van der Waals surface area contributed by atoms with Crippen LogP contribution in [0, 0.1) is 6.92 Å². The van der Waals surface area contributed by atoms with Crippen LogP contribution in [0.25, 0.3) is 0 Å². The van der Waals surface area contributed by atoms with Crippen molar-refractivity contribution in [3.05, 3.63) is 78.0 Å². The summed E-state index contributed by atoms with van der Waals surface area (Å²) >= 11 is 0. The summed E-state index contributed by atoms with van der Waals surface area (Å²) < 4.78 is 5.67. The molecule has 138 valence electrons. The number of para-hydroxylation sites is 1. The third-order valence-corrected chi connectivity index (χ3v) is 3.98. The predicted octanol–water partition coefficient (Wildman–Crippen LogP) is 4.55. The SMILES string of the molecule is Cc1ccc(Oc2ccc(NC(=O)N(C)Cc3ccccc3O)cn2)cc1. The Morgan fingerprint density at radius 1 is 1.11 bits per heavy atom. The van der Waals surface area contributed by atoms with Gasteiger partial charge in [-0.05, 0) is 31.2 Å². The first-order valence-corrected chi connectivity index (χ1v) is 8.51. The number of aromatic nitrogens is 1. The van der Waals surface area contributed by atoms with Crippen LogP contribution in [0.5, 0.6) is 17.4 Å². The monoisotopic (exact) mass is 363 g/mol. The molecule has 0 aliphatic heterocycles. The minimum atomic E-state index is -0.299. The van der Waals surface area contributed by atoms with E-state index in [0.717, 1.165) is 5.56 Å². The standard InChI is InChI=1S/C21H21N3O3/c1-15-7-10-18(11-8-15)27-20-12-9-17(13-22-20)23-21(26)24(2)14-16-5-3-4-6-19(16)25/h3-13,25H,14H2,1-2H3,(H,23,26). The fourth-order valence-electron chi connectivity index (χ4n) is 2.43. The predicted molar refractivity (Wildman–Crippen MR) is 104 cm³/mol. The first-order chi connectivity index (χ1) is 13.0. The number of hydrogen-bond acceptors (Lipinski definition) is 4. The number of urea groups is 1. The molecule has 0 saturated carbocycles. The quantitative estimate of drug-likeness (QED) is 0.697. The lowest BCUT2D eigenvalue weighted by Crippen LogP contribution is -2.30. The first kappa shape index (κ1) is 18.3. The van der Waals surface area contributed by atoms with E-state index in [9.17, 15) is 9.90 Å². The van der Waals surface area contributed by atoms with Crippen LogP contribution in [-0.2, 0) is 6.54 Å². The maximum Gasteiger partial charge on any atom is 0.321 e. The molecule has 0 aliphatic carbocycles. The lowest BCUT2D eigenvalue weighted by atomic mass is 10.2. The van der Waals surface area contributed by atoms with E-state index in [2.05, 4.69) is 10.3 Å². The van der Waals surface area contributed by atoms with Gasteiger partial charge in [0.15, 0.2) is 0 Å². The second-order valence-electron chi connectivity index (χ2n) is 6.22. The van der Waals surface area contributed by atoms with Crippen molar-refractivity contribution in [3.8, 4) is 17.4 Å². The summed E-state index contributed by atoms with van der Waals surface area (Å²) in [6.45, 7) is 2.30. The molecular weight excluding hydrogens is 342 g/mol. The largest absolute Gasteiger partial charge is 0.508 e. The van der Waals surface area contributed by atoms with Crippen molar-refractivity contribution in [3.63, 3.8) is 0 Å². The highest BCUT2D eigenvalue weighted by molar-refractivity contribution is 5.88. The molecule has 2 N–H and O–H groups in total. The molecule has 0 atom stereocenters. The van der Waals surface area contributed by atoms with Crippen LogP contribution in [0.15, 0.2) is 66.9 Å². The molecule has 27 heavy (non-hydrogen) atoms. The zero-order valence-electron chi connectivity index (χ0n) is 15.2. The lowest BCUT2D eigenvalue weighted by Gasteiger charge is -2.18. The van der Waals surface area contributed by atoms with E-state index in [0.29, 0.717) is 29.4 Å². The Labute approximate surface area is 158 Å². The molecule has 3 rings (SSSR count). The topological polar surface area (TPSA) is 74.7 Å². The number of aromatic hydroxyl groups is 1. The number of nitrogens with zero attached hydrogens (tertiary/aromatic N) is 2. The normalized spacial score (nSPS) is 10.3. The van der Waals surface area contributed by atoms with E-state index in [1.807, 2.05) is 37.3 Å². The number of ether oxygens (including phenoxy) is 1. The summed E-state index contributed by atoms with van der Waals surface area (Å²) in [5.41, 5.74) is 2.39. The maximum atomic E-state index is 12.3. The number of hydrogen-bond donors (Lipinski definition) is 2. The number of benzene rings is 2. The van der Waals surface area contributed by atoms with Crippen molar-refractivity contribution in [2.45, 2.75) is 13.5 Å². The summed E-state index contributed by atoms with van der Waals surface area (Å²) in [5.74, 6) is 1.31. The van der Waals surface area contributed by atoms with Gasteiger partial charge < -0.3 is 20.1 Å². The molecule has 6 heteroatoms. The molecular formula is C21H21N3O3. The molecule has 0 bridgehead atoms. The van der Waals surface area contributed by atoms with Crippen LogP contribution < -0.4 is 10.1 Å². The second kappa shape index (κ2) is 8.23. The van der Waals surface area contributed by atoms with Gasteiger partial charge in [0.1, 0.15) is 11.5 Å². The average Bonchev–Trinajstić information content (AvgIpc) is 2.67. The Bertz CT molecular complexity index is 909. The second-order valence-corrected chi connectivity index (χ2v) is 6.22. The van der Waals surface area contributed by atoms with Gasteiger partial charge in [-0.25, -0.2) is 9.78 Å². The molecule has 6 nitrogen and oxygen atoms in total. The smallest absolute Gasteiger partial charge is 0.321 e. The van der Waals surface area contributed by atoms with Gasteiger partial charge in [0.2, 0.25) is 5.88 Å². The van der Waals surface area contributed by atoms with E-state index in [1.165, 1.54) is 11.1 Å². The van der Waals surface area contributed by atoms with Crippen molar-refractivity contribution in [2.75, 3.05) is 12.4 Å². The van der Waals surface area contributed by atoms with Gasteiger partial charge in [-0.15, -0.1) is 0 Å². The number of aryl methyl sites for hydroxylation is 1. The number of phenols is 1. The third kappa shape index (κ3) is 4.98. The van der Waals surface area contributed by atoms with Crippen molar-refractivity contribution < 1.29 is 14.6 Å². The number of rotatable bonds is 5. The van der Waals surface area contributed by atoms with Gasteiger partial charge in [-0.3, -0.25) is 0 Å². The average molecular weight is 363 g/mol. The van der Waals surface area contributed by atoms with E-state index >= 15 is 0 Å². The number of phenolic OH excluding ortho intramolecular Hbond substituents is 1. The van der Waals surface area contributed by atoms with Gasteiger partial charge in [-0.2, -0.15) is 0 Å². The lowest BCUT2D eigenvalue weighted by molar-refractivity contribution is 0.220. The number of carbonyl (C=O) groups is 1. The van der Waals surface area contributed by atoms with Gasteiger partial charge in [0.05, 0.1) is 18.4 Å². The third-order valence-electron chi connectivity index (χ3n) is 3.98. The fraction of sp³-hybridized carbons (Fsp3) is 0.143. The Morgan fingerprint density at radius 2 is 1.85 bits per heavy atom. The minimum absolute atomic E-state index is 0.163. The van der Waals surface area contributed by atoms with Crippen LogP contribution in [0.1, 0.15) is 11.1 Å². The van der Waals surface area contributed by atoms with Crippen molar-refractivity contribution in [1.29, 1.82) is 0 Å². The Kier molecular flexibility index (Phi) is 5.56. The van der Waals surface area contributed by atoms with Crippen LogP contribution in [0.4, 0.5) is 10.5 Å². The molecule has 0 radical (unpaired) electrons. The molecule has 2 amide bonds. The van der Waals surface area contributed by atoms with Crippen LogP contribution in [0.2, 0.25) is 0 Å². The summed E-state index contributed by atoms with van der Waals surface area (Å²) in [4.78, 5) is 18.0. The fourth-order valence-corrected chi connectivity index (χ4v) is 2.43. The van der Waals surface area contributed by atoms with E-state index in [-0.39, 0.29) is 11.8 Å². The van der Waals surface area contributed by atoms with E-state index < -0.39 is 0 Å². The number of amides is 2. The molecule has 0 unspecified atom stereocenters. The molecule has 2 aromatic carbocycles. The molecule has 0 aliphatic rings. The zero-order chi connectivity index (χ0) is 19.2. The first-order valence-electron chi connectivity index (χ1n) is 8.51. The number of pyridine rings is 1. The van der Waals surface area contributed by atoms with Gasteiger partial charge >= 0.3 is 6.03 Å². The van der Waals surface area contributed by atoms with Gasteiger partial charge in [0.25, 0.3) is 0 Å². The summed E-state index contributed by atoms with van der Waals surface area (Å²) in [6, 6.07) is 17.7. The molecule has 0 fully saturated rings. The van der Waals surface area contributed by atoms with Crippen LogP contribution in [0.3, 0.4) is 0 Å². The summed E-state index contributed by atoms with van der Waals surface area (Å²) in [5, 5.41) is 12.6. The minimum Gasteiger partial charge on any atom is -0.508 e. The van der Waals surface area contributed by atoms with Crippen molar-refractivity contribution >= 4 is 11.7 Å². The Hall–Kier alpha value is -3.54. The maximum absolute atomic E-state index is 12.3. The van der Waals surface area contributed by atoms with Crippen molar-refractivity contribution in [2.24, 2.45) is 0 Å². The number of anilines is 1. The summed E-state index contributed by atoms with van der Waals surface area (Å²) in [7, 11) is 1.66. The number of carbonyl (C=O) groups excluding carboxylic acids is 1. The van der Waals surface area contributed by atoms with E-state index in [1.54, 1.807) is 37.4 Å². The Morgan fingerprint density at radius 3 is 2.52 bits per heavy atom. The highest BCUT2D eigenvalue weighted by Gasteiger charge is 2.11. The number of nitrogens with one attached hydrogen (secondary N) is 1. The van der Waals surface area contributed by atoms with Crippen molar-refractivity contribution in [1.82, 2.24) is 9.88 Å².